The highest BCUT2D eigenvalue weighted by molar-refractivity contribution is 5.99. The first-order valence-corrected chi connectivity index (χ1v) is 14.8. The number of fused-ring (bicyclic) bond motifs is 3. The van der Waals surface area contributed by atoms with Crippen LogP contribution in [0.4, 0.5) is 0 Å². The van der Waals surface area contributed by atoms with Crippen LogP contribution in [0.1, 0.15) is 58.7 Å². The lowest BCUT2D eigenvalue weighted by Crippen LogP contribution is -2.44. The lowest BCUT2D eigenvalue weighted by atomic mass is 10.0. The van der Waals surface area contributed by atoms with Gasteiger partial charge in [-0.1, -0.05) is 26.0 Å². The largest absolute Gasteiger partial charge is 0.493 e. The van der Waals surface area contributed by atoms with Crippen molar-refractivity contribution in [2.75, 3.05) is 33.4 Å². The van der Waals surface area contributed by atoms with Crippen LogP contribution in [0.3, 0.4) is 0 Å². The Kier molecular flexibility index (Phi) is 9.70. The highest BCUT2D eigenvalue weighted by atomic mass is 16.5. The number of aromatic nitrogens is 6. The highest BCUT2D eigenvalue weighted by Gasteiger charge is 2.28. The quantitative estimate of drug-likeness (QED) is 0.352. The number of nitrogens with one attached hydrogen (secondary N) is 2. The molecule has 2 aromatic carbocycles. The minimum Gasteiger partial charge on any atom is -0.493 e. The Morgan fingerprint density at radius 2 is 1.96 bits per heavy atom. The molecule has 0 aliphatic carbocycles. The van der Waals surface area contributed by atoms with E-state index in [9.17, 15) is 14.4 Å². The molecular formula is C31H37N9O5. The molecule has 14 heteroatoms. The summed E-state index contributed by atoms with van der Waals surface area (Å²) < 4.78 is 14.7. The fourth-order valence-electron chi connectivity index (χ4n) is 5.14. The van der Waals surface area contributed by atoms with Crippen molar-refractivity contribution in [3.8, 4) is 17.2 Å². The van der Waals surface area contributed by atoms with Crippen molar-refractivity contribution in [2.45, 2.75) is 39.8 Å². The normalized spacial score (nSPS) is 16.6. The Morgan fingerprint density at radius 1 is 1.13 bits per heavy atom. The summed E-state index contributed by atoms with van der Waals surface area (Å²) in [6.45, 7) is 6.57. The van der Waals surface area contributed by atoms with E-state index in [2.05, 4.69) is 30.8 Å². The number of hydrogen-bond donors (Lipinski definition) is 2. The van der Waals surface area contributed by atoms with Crippen molar-refractivity contribution in [1.82, 2.24) is 45.1 Å². The summed E-state index contributed by atoms with van der Waals surface area (Å²) in [5.41, 5.74) is 1.30. The first kappa shape index (κ1) is 31.2. The Hall–Kier alpha value is -5.27. The zero-order valence-corrected chi connectivity index (χ0v) is 25.8. The van der Waals surface area contributed by atoms with E-state index in [1.807, 2.05) is 13.8 Å². The minimum atomic E-state index is -0.478. The van der Waals surface area contributed by atoms with Crippen molar-refractivity contribution >= 4 is 17.7 Å². The number of ether oxygens (including phenoxy) is 2. The maximum atomic E-state index is 14.0. The number of amides is 3. The van der Waals surface area contributed by atoms with Crippen LogP contribution in [-0.2, 0) is 11.3 Å². The van der Waals surface area contributed by atoms with Crippen LogP contribution >= 0.6 is 0 Å². The highest BCUT2D eigenvalue weighted by Crippen LogP contribution is 2.28. The predicted molar refractivity (Wildman–Crippen MR) is 163 cm³/mol. The number of para-hydroxylation sites is 1. The van der Waals surface area contributed by atoms with Crippen molar-refractivity contribution < 1.29 is 23.9 Å². The summed E-state index contributed by atoms with van der Waals surface area (Å²) in [4.78, 5) is 50.7. The van der Waals surface area contributed by atoms with E-state index in [-0.39, 0.29) is 49.9 Å². The average molecular weight is 616 g/mol. The molecule has 0 saturated carbocycles. The second kappa shape index (κ2) is 14.0. The Labute approximate surface area is 260 Å². The molecule has 2 bridgehead atoms. The molecular weight excluding hydrogens is 578 g/mol. The third-order valence-corrected chi connectivity index (χ3v) is 7.37. The first-order chi connectivity index (χ1) is 21.7. The van der Waals surface area contributed by atoms with Crippen molar-refractivity contribution in [2.24, 2.45) is 5.92 Å². The minimum absolute atomic E-state index is 0.0352. The molecule has 236 valence electrons. The van der Waals surface area contributed by atoms with Crippen LogP contribution in [0.15, 0.2) is 55.1 Å². The number of aryl methyl sites for hydroxylation is 1. The average Bonchev–Trinajstić information content (AvgIpc) is 3.70. The van der Waals surface area contributed by atoms with E-state index < -0.39 is 6.04 Å². The van der Waals surface area contributed by atoms with Gasteiger partial charge in [0, 0.05) is 18.7 Å². The van der Waals surface area contributed by atoms with Crippen LogP contribution in [0, 0.1) is 12.8 Å². The fraction of sp³-hybridized carbons (Fsp3) is 0.387. The first-order valence-electron chi connectivity index (χ1n) is 14.8. The number of rotatable bonds is 4. The molecule has 0 spiro atoms. The Morgan fingerprint density at radius 3 is 2.71 bits per heavy atom. The molecule has 0 fully saturated rings. The molecule has 45 heavy (non-hydrogen) atoms. The number of hydrogen-bond acceptors (Lipinski definition) is 9. The molecule has 2 aromatic heterocycles. The zero-order valence-electron chi connectivity index (χ0n) is 25.8. The van der Waals surface area contributed by atoms with Gasteiger partial charge >= 0.3 is 0 Å². The SMILES string of the molecule is COc1ccc2cc1OCCn1nc(C)nc1[C@H](C(C)C)NC(=O)CN(C(=O)c1ccccc1-n1cncn1)CCCNC2=O. The maximum absolute atomic E-state index is 14.0. The van der Waals surface area contributed by atoms with E-state index in [1.54, 1.807) is 54.1 Å². The molecule has 1 atom stereocenters. The third-order valence-electron chi connectivity index (χ3n) is 7.37. The summed E-state index contributed by atoms with van der Waals surface area (Å²) >= 11 is 0. The fourth-order valence-corrected chi connectivity index (χ4v) is 5.14. The molecule has 1 aliphatic rings. The van der Waals surface area contributed by atoms with Gasteiger partial charge in [-0.25, -0.2) is 19.3 Å². The van der Waals surface area contributed by atoms with Crippen molar-refractivity contribution in [3.63, 3.8) is 0 Å². The molecule has 0 unspecified atom stereocenters. The lowest BCUT2D eigenvalue weighted by molar-refractivity contribution is -0.123. The molecule has 5 rings (SSSR count). The van der Waals surface area contributed by atoms with Gasteiger partial charge in [-0.05, 0) is 49.6 Å². The maximum Gasteiger partial charge on any atom is 0.256 e. The summed E-state index contributed by atoms with van der Waals surface area (Å²) in [6.07, 6.45) is 3.30. The standard InChI is InChI=1S/C31H37N9O5/c1-20(2)28-29-35-21(3)37-39(29)14-15-45-26-16-22(10-11-25(26)44-4)30(42)33-12-7-13-38(17-27(41)36-28)31(43)23-8-5-6-9-24(23)40-19-32-18-34-40/h5-6,8-11,16,18-20,28H,7,12-15,17H2,1-4H3,(H,33,42)(H,36,41)/t28-/m0/s1. The molecule has 3 amide bonds. The monoisotopic (exact) mass is 615 g/mol. The summed E-state index contributed by atoms with van der Waals surface area (Å²) in [5.74, 6) is 0.993. The molecule has 0 radical (unpaired) electrons. The second-order valence-electron chi connectivity index (χ2n) is 10.9. The van der Waals surface area contributed by atoms with Gasteiger partial charge in [0.15, 0.2) is 11.5 Å². The van der Waals surface area contributed by atoms with Crippen LogP contribution in [0.5, 0.6) is 11.5 Å². The van der Waals surface area contributed by atoms with Gasteiger partial charge < -0.3 is 25.0 Å². The van der Waals surface area contributed by atoms with Gasteiger partial charge in [0.05, 0.1) is 37.5 Å². The van der Waals surface area contributed by atoms with Crippen molar-refractivity contribution in [1.29, 1.82) is 0 Å². The number of carbonyl (C=O) groups is 3. The summed E-state index contributed by atoms with van der Waals surface area (Å²) in [6, 6.07) is 11.5. The van der Waals surface area contributed by atoms with Crippen LogP contribution in [0.2, 0.25) is 0 Å². The predicted octanol–water partition coefficient (Wildman–Crippen LogP) is 2.34. The lowest BCUT2D eigenvalue weighted by Gasteiger charge is -2.27. The molecule has 3 heterocycles. The molecule has 1 aliphatic heterocycles. The second-order valence-corrected chi connectivity index (χ2v) is 10.9. The van der Waals surface area contributed by atoms with Crippen LogP contribution < -0.4 is 20.1 Å². The van der Waals surface area contributed by atoms with E-state index in [0.717, 1.165) is 0 Å². The van der Waals surface area contributed by atoms with Gasteiger partial charge in [0.25, 0.3) is 11.8 Å². The molecule has 14 nitrogen and oxygen atoms in total. The number of carbonyl (C=O) groups excluding carboxylic acids is 3. The number of benzene rings is 2. The van der Waals surface area contributed by atoms with Gasteiger partial charge in [0.2, 0.25) is 5.91 Å². The third kappa shape index (κ3) is 7.28. The summed E-state index contributed by atoms with van der Waals surface area (Å²) in [5, 5.41) is 14.7. The van der Waals surface area contributed by atoms with Crippen molar-refractivity contribution in [3.05, 3.63) is 77.9 Å². The van der Waals surface area contributed by atoms with Gasteiger partial charge in [-0.15, -0.1) is 0 Å². The number of methoxy groups -OCH3 is 1. The Bertz CT molecular complexity index is 1650. The van der Waals surface area contributed by atoms with Gasteiger partial charge in [-0.2, -0.15) is 10.2 Å². The van der Waals surface area contributed by atoms with Crippen LogP contribution in [-0.4, -0.2) is 85.5 Å². The molecule has 4 aromatic rings. The molecule has 2 N–H and O–H groups in total. The topological polar surface area (TPSA) is 158 Å². The van der Waals surface area contributed by atoms with Gasteiger partial charge in [0.1, 0.15) is 30.9 Å². The number of nitrogens with zero attached hydrogens (tertiary/aromatic N) is 7. The van der Waals surface area contributed by atoms with E-state index in [4.69, 9.17) is 9.47 Å². The summed E-state index contributed by atoms with van der Waals surface area (Å²) in [7, 11) is 1.53. The van der Waals surface area contributed by atoms with E-state index in [1.165, 1.54) is 29.3 Å². The zero-order chi connectivity index (χ0) is 31.9. The van der Waals surface area contributed by atoms with Gasteiger partial charge in [-0.3, -0.25) is 14.4 Å². The van der Waals surface area contributed by atoms with E-state index in [0.29, 0.717) is 52.9 Å². The Balaban J connectivity index is 1.47. The van der Waals surface area contributed by atoms with E-state index >= 15 is 0 Å². The van der Waals surface area contributed by atoms with Crippen LogP contribution in [0.25, 0.3) is 5.69 Å². The molecule has 0 saturated heterocycles. The smallest absolute Gasteiger partial charge is 0.256 e.